The molecule has 1 aliphatic heterocycles. The zero-order valence-corrected chi connectivity index (χ0v) is 15.7. The maximum atomic E-state index is 12.7. The Kier molecular flexibility index (Phi) is 7.22. The molecular weight excluding hydrogens is 342 g/mol. The number of piperazine rings is 1. The van der Waals surface area contributed by atoms with E-state index >= 15 is 0 Å². The fourth-order valence-corrected chi connectivity index (χ4v) is 4.23. The van der Waals surface area contributed by atoms with Gasteiger partial charge in [0.1, 0.15) is 5.75 Å². The first-order chi connectivity index (χ1) is 12.0. The molecule has 0 spiro atoms. The molecule has 0 saturated carbocycles. The van der Waals surface area contributed by atoms with Gasteiger partial charge in [-0.15, -0.1) is 0 Å². The summed E-state index contributed by atoms with van der Waals surface area (Å²) in [4.78, 5) is 14.3. The van der Waals surface area contributed by atoms with E-state index in [0.29, 0.717) is 44.0 Å². The average molecular weight is 369 g/mol. The minimum atomic E-state index is -3.34. The second kappa shape index (κ2) is 9.17. The molecule has 1 aliphatic rings. The van der Waals surface area contributed by atoms with E-state index in [1.54, 1.807) is 36.3 Å². The third-order valence-electron chi connectivity index (χ3n) is 4.21. The van der Waals surface area contributed by atoms with Gasteiger partial charge in [-0.2, -0.15) is 4.31 Å². The van der Waals surface area contributed by atoms with Crippen molar-refractivity contribution in [2.24, 2.45) is 0 Å². The summed E-state index contributed by atoms with van der Waals surface area (Å²) < 4.78 is 31.6. The fourth-order valence-electron chi connectivity index (χ4n) is 2.78. The van der Waals surface area contributed by atoms with Crippen LogP contribution in [-0.2, 0) is 10.0 Å². The van der Waals surface area contributed by atoms with Crippen molar-refractivity contribution >= 4 is 15.9 Å². The highest BCUT2D eigenvalue weighted by Gasteiger charge is 2.25. The highest BCUT2D eigenvalue weighted by atomic mass is 32.2. The van der Waals surface area contributed by atoms with Gasteiger partial charge in [0.15, 0.2) is 0 Å². The van der Waals surface area contributed by atoms with E-state index in [0.717, 1.165) is 6.42 Å². The normalized spacial score (nSPS) is 15.8. The second-order valence-electron chi connectivity index (χ2n) is 5.99. The average Bonchev–Trinajstić information content (AvgIpc) is 2.65. The molecule has 1 aromatic rings. The zero-order valence-electron chi connectivity index (χ0n) is 14.9. The minimum Gasteiger partial charge on any atom is -0.497 e. The summed E-state index contributed by atoms with van der Waals surface area (Å²) >= 11 is 0. The molecule has 1 fully saturated rings. The summed E-state index contributed by atoms with van der Waals surface area (Å²) in [6.07, 6.45) is 0.773. The Balaban J connectivity index is 2.02. The van der Waals surface area contributed by atoms with Crippen LogP contribution in [0, 0.1) is 0 Å². The number of nitrogens with zero attached hydrogens (tertiary/aromatic N) is 2. The van der Waals surface area contributed by atoms with Gasteiger partial charge in [0, 0.05) is 44.8 Å². The number of carbonyl (C=O) groups is 1. The Morgan fingerprint density at radius 1 is 1.20 bits per heavy atom. The van der Waals surface area contributed by atoms with Crippen molar-refractivity contribution in [2.45, 2.75) is 13.3 Å². The van der Waals surface area contributed by atoms with E-state index in [9.17, 15) is 13.2 Å². The predicted molar refractivity (Wildman–Crippen MR) is 97.4 cm³/mol. The lowest BCUT2D eigenvalue weighted by atomic mass is 10.2. The number of methoxy groups -OCH3 is 1. The molecule has 7 nitrogen and oxygen atoms in total. The van der Waals surface area contributed by atoms with Crippen molar-refractivity contribution in [3.63, 3.8) is 0 Å². The van der Waals surface area contributed by atoms with E-state index in [4.69, 9.17) is 4.74 Å². The number of amides is 1. The topological polar surface area (TPSA) is 79.0 Å². The summed E-state index contributed by atoms with van der Waals surface area (Å²) in [5.41, 5.74) is 0.536. The second-order valence-corrected chi connectivity index (χ2v) is 8.07. The third kappa shape index (κ3) is 5.42. The van der Waals surface area contributed by atoms with Crippen LogP contribution in [0.15, 0.2) is 24.3 Å². The van der Waals surface area contributed by atoms with E-state index in [1.165, 1.54) is 4.31 Å². The monoisotopic (exact) mass is 369 g/mol. The number of rotatable bonds is 8. The molecule has 0 atom stereocenters. The van der Waals surface area contributed by atoms with Gasteiger partial charge in [-0.3, -0.25) is 4.79 Å². The SMILES string of the molecule is CCCN(CCS(=O)(=O)N1CCNCC1)C(=O)c1ccc(OC)cc1. The Labute approximate surface area is 150 Å². The Morgan fingerprint density at radius 3 is 2.40 bits per heavy atom. The van der Waals surface area contributed by atoms with Crippen LogP contribution in [0.1, 0.15) is 23.7 Å². The molecule has 25 heavy (non-hydrogen) atoms. The van der Waals surface area contributed by atoms with Crippen LogP contribution in [0.3, 0.4) is 0 Å². The summed E-state index contributed by atoms with van der Waals surface area (Å²) in [7, 11) is -1.77. The molecule has 1 heterocycles. The highest BCUT2D eigenvalue weighted by molar-refractivity contribution is 7.89. The van der Waals surface area contributed by atoms with Gasteiger partial charge in [-0.25, -0.2) is 8.42 Å². The van der Waals surface area contributed by atoms with Crippen LogP contribution >= 0.6 is 0 Å². The number of nitrogens with one attached hydrogen (secondary N) is 1. The van der Waals surface area contributed by atoms with Gasteiger partial charge in [-0.1, -0.05) is 6.92 Å². The first-order valence-electron chi connectivity index (χ1n) is 8.60. The minimum absolute atomic E-state index is 0.0467. The van der Waals surface area contributed by atoms with Gasteiger partial charge >= 0.3 is 0 Å². The van der Waals surface area contributed by atoms with Gasteiger partial charge in [0.25, 0.3) is 5.91 Å². The lowest BCUT2D eigenvalue weighted by Crippen LogP contribution is -2.48. The number of ether oxygens (including phenoxy) is 1. The molecule has 0 bridgehead atoms. The molecule has 0 unspecified atom stereocenters. The predicted octanol–water partition coefficient (Wildman–Crippen LogP) is 0.782. The molecule has 0 aromatic heterocycles. The van der Waals surface area contributed by atoms with Crippen LogP contribution in [0.5, 0.6) is 5.75 Å². The van der Waals surface area contributed by atoms with Gasteiger partial charge < -0.3 is 15.0 Å². The molecule has 1 N–H and O–H groups in total. The first-order valence-corrected chi connectivity index (χ1v) is 10.2. The summed E-state index contributed by atoms with van der Waals surface area (Å²) in [5.74, 6) is 0.481. The fraction of sp³-hybridized carbons (Fsp3) is 0.588. The van der Waals surface area contributed by atoms with Crippen molar-refractivity contribution in [1.29, 1.82) is 0 Å². The van der Waals surface area contributed by atoms with Crippen molar-refractivity contribution in [2.75, 3.05) is 52.1 Å². The van der Waals surface area contributed by atoms with Crippen LogP contribution in [0.4, 0.5) is 0 Å². The van der Waals surface area contributed by atoms with E-state index < -0.39 is 10.0 Å². The Morgan fingerprint density at radius 2 is 1.84 bits per heavy atom. The van der Waals surface area contributed by atoms with Crippen LogP contribution in [-0.4, -0.2) is 75.7 Å². The Hall–Kier alpha value is -1.64. The molecule has 2 rings (SSSR count). The number of benzene rings is 1. The standard InChI is InChI=1S/C17H27N3O4S/c1-3-10-19(17(21)15-4-6-16(24-2)7-5-15)13-14-25(22,23)20-11-8-18-9-12-20/h4-7,18H,3,8-14H2,1-2H3. The highest BCUT2D eigenvalue weighted by Crippen LogP contribution is 2.14. The molecule has 0 radical (unpaired) electrons. The van der Waals surface area contributed by atoms with E-state index in [-0.39, 0.29) is 18.2 Å². The third-order valence-corrected chi connectivity index (χ3v) is 6.06. The molecule has 140 valence electrons. The van der Waals surface area contributed by atoms with Gasteiger partial charge in [-0.05, 0) is 30.7 Å². The lowest BCUT2D eigenvalue weighted by molar-refractivity contribution is 0.0765. The van der Waals surface area contributed by atoms with Crippen molar-refractivity contribution in [3.05, 3.63) is 29.8 Å². The maximum Gasteiger partial charge on any atom is 0.253 e. The van der Waals surface area contributed by atoms with E-state index in [2.05, 4.69) is 5.32 Å². The quantitative estimate of drug-likeness (QED) is 0.733. The molecule has 1 saturated heterocycles. The van der Waals surface area contributed by atoms with Crippen LogP contribution < -0.4 is 10.1 Å². The summed E-state index contributed by atoms with van der Waals surface area (Å²) in [5, 5.41) is 3.14. The Bertz CT molecular complexity index is 655. The van der Waals surface area contributed by atoms with Gasteiger partial charge in [0.2, 0.25) is 10.0 Å². The number of hydrogen-bond acceptors (Lipinski definition) is 5. The van der Waals surface area contributed by atoms with E-state index in [1.807, 2.05) is 6.92 Å². The number of hydrogen-bond donors (Lipinski definition) is 1. The van der Waals surface area contributed by atoms with Crippen molar-refractivity contribution in [1.82, 2.24) is 14.5 Å². The molecule has 1 amide bonds. The smallest absolute Gasteiger partial charge is 0.253 e. The maximum absolute atomic E-state index is 12.7. The molecular formula is C17H27N3O4S. The summed E-state index contributed by atoms with van der Waals surface area (Å²) in [6, 6.07) is 6.87. The summed E-state index contributed by atoms with van der Waals surface area (Å²) in [6.45, 7) is 5.02. The largest absolute Gasteiger partial charge is 0.497 e. The molecule has 0 aliphatic carbocycles. The molecule has 1 aromatic carbocycles. The zero-order chi connectivity index (χ0) is 18.3. The number of carbonyl (C=O) groups excluding carboxylic acids is 1. The van der Waals surface area contributed by atoms with Gasteiger partial charge in [0.05, 0.1) is 12.9 Å². The lowest BCUT2D eigenvalue weighted by Gasteiger charge is -2.28. The van der Waals surface area contributed by atoms with Crippen molar-refractivity contribution < 1.29 is 17.9 Å². The van der Waals surface area contributed by atoms with Crippen molar-refractivity contribution in [3.8, 4) is 5.75 Å². The first kappa shape index (κ1) is 19.7. The van der Waals surface area contributed by atoms with Crippen LogP contribution in [0.2, 0.25) is 0 Å². The molecule has 8 heteroatoms. The van der Waals surface area contributed by atoms with Crippen LogP contribution in [0.25, 0.3) is 0 Å². The number of sulfonamides is 1.